The summed E-state index contributed by atoms with van der Waals surface area (Å²) in [5.74, 6) is -2.04. The van der Waals surface area contributed by atoms with E-state index in [-0.39, 0.29) is 9.02 Å². The van der Waals surface area contributed by atoms with Gasteiger partial charge in [-0.1, -0.05) is 35.9 Å². The minimum Gasteiger partial charge on any atom is -0.872 e. The van der Waals surface area contributed by atoms with Crippen LogP contribution in [-0.2, 0) is 0 Å². The Balaban J connectivity index is 3.97. The molecule has 0 saturated heterocycles. The molecule has 0 bridgehead atoms. The van der Waals surface area contributed by atoms with Crippen LogP contribution in [0.5, 0.6) is 11.5 Å². The topological polar surface area (TPSA) is 63.2 Å². The summed E-state index contributed by atoms with van der Waals surface area (Å²) in [4.78, 5) is 10.5. The molecular weight excluding hydrogens is 172 g/mol. The molecule has 0 aliphatic rings. The highest BCUT2D eigenvalue weighted by Crippen LogP contribution is 2.16. The van der Waals surface area contributed by atoms with Crippen LogP contribution in [0.3, 0.4) is 0 Å². The Bertz CT molecular complexity index is 363. The van der Waals surface area contributed by atoms with Crippen molar-refractivity contribution in [3.8, 4) is 11.5 Å². The van der Waals surface area contributed by atoms with Gasteiger partial charge in [0.2, 0.25) is 0 Å². The Morgan fingerprint density at radius 3 is 1.60 bits per heavy atom. The fourth-order valence-corrected chi connectivity index (χ4v) is 0.886. The van der Waals surface area contributed by atoms with Gasteiger partial charge in [-0.25, -0.2) is 0 Å². The molecule has 0 N–H and O–H groups in total. The lowest BCUT2D eigenvalue weighted by Gasteiger charge is -2.07. The molecule has 1 aromatic rings. The van der Waals surface area contributed by atoms with Crippen LogP contribution in [0, 0.1) is 9.02 Å². The molecule has 0 atom stereocenters. The number of hydrogen-bond acceptors (Lipinski definition) is 5. The molecule has 5 heteroatoms. The Morgan fingerprint density at radius 1 is 1.00 bits per heavy atom. The quantitative estimate of drug-likeness (QED) is 0.495. The first kappa shape index (κ1) is 7.30. The van der Waals surface area contributed by atoms with Gasteiger partial charge in [0.05, 0.1) is 4.51 Å². The third-order valence-corrected chi connectivity index (χ3v) is 1.94. The maximum absolute atomic E-state index is 10.5. The van der Waals surface area contributed by atoms with Gasteiger partial charge in [0, 0.05) is 0 Å². The molecule has 52 valence electrons. The van der Waals surface area contributed by atoms with Gasteiger partial charge in [0.15, 0.2) is 5.43 Å². The molecule has 3 nitrogen and oxygen atoms in total. The van der Waals surface area contributed by atoms with Gasteiger partial charge in [0.25, 0.3) is 0 Å². The minimum absolute atomic E-state index is 0.315. The number of rotatable bonds is 0. The van der Waals surface area contributed by atoms with Crippen LogP contribution in [0.15, 0.2) is 4.79 Å². The van der Waals surface area contributed by atoms with Crippen molar-refractivity contribution in [2.24, 2.45) is 0 Å². The van der Waals surface area contributed by atoms with Crippen molar-refractivity contribution >= 4 is 24.4 Å². The zero-order valence-corrected chi connectivity index (χ0v) is 6.17. The lowest BCUT2D eigenvalue weighted by atomic mass is 10.5. The first-order chi connectivity index (χ1) is 4.55. The van der Waals surface area contributed by atoms with Crippen LogP contribution in [-0.4, -0.2) is 0 Å². The van der Waals surface area contributed by atoms with E-state index < -0.39 is 16.9 Å². The predicted molar refractivity (Wildman–Crippen MR) is 35.6 cm³/mol. The molecular formula is C5O3S2-2. The molecule has 0 amide bonds. The van der Waals surface area contributed by atoms with Crippen molar-refractivity contribution < 1.29 is 10.2 Å². The third-order valence-electron chi connectivity index (χ3n) is 1.03. The van der Waals surface area contributed by atoms with Crippen LogP contribution < -0.4 is 15.6 Å². The van der Waals surface area contributed by atoms with Crippen LogP contribution in [0.1, 0.15) is 0 Å². The lowest BCUT2D eigenvalue weighted by Crippen LogP contribution is -2.06. The van der Waals surface area contributed by atoms with Gasteiger partial charge in [-0.3, -0.25) is 4.79 Å². The second-order valence-electron chi connectivity index (χ2n) is 1.65. The summed E-state index contributed by atoms with van der Waals surface area (Å²) in [6, 6.07) is 0. The molecule has 0 spiro atoms. The van der Waals surface area contributed by atoms with Crippen molar-refractivity contribution in [1.82, 2.24) is 0 Å². The summed E-state index contributed by atoms with van der Waals surface area (Å²) in [7, 11) is 0. The van der Waals surface area contributed by atoms with Crippen LogP contribution >= 0.6 is 24.4 Å². The van der Waals surface area contributed by atoms with E-state index in [9.17, 15) is 15.0 Å². The molecule has 1 aromatic carbocycles. The maximum atomic E-state index is 10.5. The molecule has 0 fully saturated rings. The second-order valence-corrected chi connectivity index (χ2v) is 2.46. The van der Waals surface area contributed by atoms with Crippen molar-refractivity contribution in [3.63, 3.8) is 0 Å². The molecule has 0 aliphatic heterocycles. The smallest absolute Gasteiger partial charge is 0.189 e. The van der Waals surface area contributed by atoms with Gasteiger partial charge in [-0.15, -0.1) is 0 Å². The zero-order chi connectivity index (χ0) is 7.89. The summed E-state index contributed by atoms with van der Waals surface area (Å²) in [6.45, 7) is 0. The van der Waals surface area contributed by atoms with Crippen LogP contribution in [0.25, 0.3) is 0 Å². The first-order valence-corrected chi connectivity index (χ1v) is 3.09. The molecule has 0 radical (unpaired) electrons. The summed E-state index contributed by atoms with van der Waals surface area (Å²) >= 11 is 8.77. The summed E-state index contributed by atoms with van der Waals surface area (Å²) in [6.07, 6.45) is 0. The zero-order valence-electron chi connectivity index (χ0n) is 4.54. The van der Waals surface area contributed by atoms with Crippen molar-refractivity contribution in [2.75, 3.05) is 0 Å². The highest BCUT2D eigenvalue weighted by Gasteiger charge is 1.96. The van der Waals surface area contributed by atoms with Crippen molar-refractivity contribution in [3.05, 3.63) is 19.2 Å². The molecule has 1 rings (SSSR count). The number of hydrogen-bond donors (Lipinski definition) is 0. The van der Waals surface area contributed by atoms with Gasteiger partial charge < -0.3 is 10.2 Å². The van der Waals surface area contributed by atoms with Gasteiger partial charge in [-0.05, 0) is 0 Å². The average molecular weight is 172 g/mol. The monoisotopic (exact) mass is 172 g/mol. The van der Waals surface area contributed by atoms with Gasteiger partial charge in [0.1, 0.15) is 4.51 Å². The molecule has 0 unspecified atom stereocenters. The Kier molecular flexibility index (Phi) is 1.53. The normalized spacial score (nSPS) is 10.0. The highest BCUT2D eigenvalue weighted by atomic mass is 32.1. The average Bonchev–Trinajstić information content (AvgIpc) is 2.07. The largest absolute Gasteiger partial charge is 0.872 e. The fraction of sp³-hybridized carbons (Fsp3) is 0. The Morgan fingerprint density at radius 2 is 1.50 bits per heavy atom. The van der Waals surface area contributed by atoms with E-state index in [2.05, 4.69) is 24.4 Å². The van der Waals surface area contributed by atoms with Gasteiger partial charge >= 0.3 is 0 Å². The highest BCUT2D eigenvalue weighted by molar-refractivity contribution is 7.74. The minimum atomic E-state index is -1.10. The van der Waals surface area contributed by atoms with Crippen LogP contribution in [0.4, 0.5) is 0 Å². The van der Waals surface area contributed by atoms with E-state index in [1.54, 1.807) is 0 Å². The lowest BCUT2D eigenvalue weighted by molar-refractivity contribution is -0.317. The maximum Gasteiger partial charge on any atom is 0.189 e. The SMILES string of the molecule is O=c1c([O-])c([O-])c(=S)c1=S. The van der Waals surface area contributed by atoms with Crippen molar-refractivity contribution in [2.45, 2.75) is 0 Å². The Labute approximate surface area is 65.9 Å². The third kappa shape index (κ3) is 0.748. The standard InChI is InChI=1S/C5H2O3S2/c6-1-2(7)4(9)5(10)3(1)8/h6-7H/p-2. The summed E-state index contributed by atoms with van der Waals surface area (Å²) in [5, 5.41) is 21.0. The van der Waals surface area contributed by atoms with Gasteiger partial charge in [-0.2, -0.15) is 0 Å². The second kappa shape index (κ2) is 2.10. The molecule has 0 heterocycles. The van der Waals surface area contributed by atoms with E-state index in [0.29, 0.717) is 0 Å². The van der Waals surface area contributed by atoms with E-state index in [1.165, 1.54) is 0 Å². The fourth-order valence-electron chi connectivity index (χ4n) is 0.516. The van der Waals surface area contributed by atoms with E-state index in [0.717, 1.165) is 0 Å². The van der Waals surface area contributed by atoms with E-state index in [1.807, 2.05) is 0 Å². The van der Waals surface area contributed by atoms with E-state index in [4.69, 9.17) is 0 Å². The summed E-state index contributed by atoms with van der Waals surface area (Å²) in [5.41, 5.74) is -0.940. The molecule has 0 aromatic heterocycles. The molecule has 0 saturated carbocycles. The van der Waals surface area contributed by atoms with Crippen molar-refractivity contribution in [1.29, 1.82) is 0 Å². The summed E-state index contributed by atoms with van der Waals surface area (Å²) < 4.78 is -0.630. The molecule has 0 aliphatic carbocycles. The van der Waals surface area contributed by atoms with Crippen LogP contribution in [0.2, 0.25) is 0 Å². The van der Waals surface area contributed by atoms with E-state index >= 15 is 0 Å². The first-order valence-electron chi connectivity index (χ1n) is 2.27. The Hall–Kier alpha value is -0.810. The predicted octanol–water partition coefficient (Wildman–Crippen LogP) is -0.471. The molecule has 10 heavy (non-hydrogen) atoms.